The van der Waals surface area contributed by atoms with E-state index < -0.39 is 17.5 Å². The van der Waals surface area contributed by atoms with Crippen LogP contribution in [0.5, 0.6) is 0 Å². The van der Waals surface area contributed by atoms with Crippen molar-refractivity contribution in [2.75, 3.05) is 13.6 Å². The van der Waals surface area contributed by atoms with Crippen LogP contribution in [0.25, 0.3) is 0 Å². The molecule has 0 aliphatic carbocycles. The molecule has 8 heteroatoms. The Morgan fingerprint density at radius 3 is 2.65 bits per heavy atom. The van der Waals surface area contributed by atoms with Crippen molar-refractivity contribution in [3.63, 3.8) is 0 Å². The Labute approximate surface area is 136 Å². The second-order valence-electron chi connectivity index (χ2n) is 4.92. The lowest BCUT2D eigenvalue weighted by molar-refractivity contribution is -0.129. The van der Waals surface area contributed by atoms with Crippen molar-refractivity contribution in [2.24, 2.45) is 0 Å². The molecule has 122 valence electrons. The largest absolute Gasteiger partial charge is 0.343 e. The van der Waals surface area contributed by atoms with Gasteiger partial charge < -0.3 is 10.2 Å². The van der Waals surface area contributed by atoms with Gasteiger partial charge in [-0.25, -0.2) is 13.8 Å². The quantitative estimate of drug-likeness (QED) is 0.908. The minimum absolute atomic E-state index is 0.0468. The summed E-state index contributed by atoms with van der Waals surface area (Å²) in [5, 5.41) is 5.15. The van der Waals surface area contributed by atoms with Crippen LogP contribution >= 0.6 is 11.3 Å². The van der Waals surface area contributed by atoms with Gasteiger partial charge in [-0.3, -0.25) is 9.59 Å². The molecule has 1 heterocycles. The van der Waals surface area contributed by atoms with Crippen molar-refractivity contribution >= 4 is 23.2 Å². The van der Waals surface area contributed by atoms with Crippen LogP contribution in [-0.2, 0) is 11.3 Å². The number of hydrogen-bond acceptors (Lipinski definition) is 4. The zero-order valence-corrected chi connectivity index (χ0v) is 13.4. The zero-order chi connectivity index (χ0) is 17.0. The molecule has 1 aromatic carbocycles. The first kappa shape index (κ1) is 17.0. The number of likely N-dealkylation sites (N-methyl/N-ethyl adjacent to an activating group) is 1. The maximum atomic E-state index is 13.1. The van der Waals surface area contributed by atoms with E-state index in [0.29, 0.717) is 6.54 Å². The van der Waals surface area contributed by atoms with E-state index in [0.717, 1.165) is 28.9 Å². The average molecular weight is 339 g/mol. The summed E-state index contributed by atoms with van der Waals surface area (Å²) in [7, 11) is 1.60. The Morgan fingerprint density at radius 2 is 2.04 bits per heavy atom. The van der Waals surface area contributed by atoms with Crippen LogP contribution < -0.4 is 5.32 Å². The van der Waals surface area contributed by atoms with E-state index in [4.69, 9.17) is 0 Å². The van der Waals surface area contributed by atoms with Crippen molar-refractivity contribution in [3.05, 3.63) is 51.5 Å². The first-order valence-corrected chi connectivity index (χ1v) is 7.63. The molecule has 2 amide bonds. The fraction of sp³-hybridized carbons (Fsp3) is 0.267. The number of aryl methyl sites for hydroxylation is 1. The normalized spacial score (nSPS) is 10.4. The molecule has 0 unspecified atom stereocenters. The maximum Gasteiger partial charge on any atom is 0.251 e. The van der Waals surface area contributed by atoms with E-state index in [2.05, 4.69) is 10.3 Å². The molecule has 0 fully saturated rings. The van der Waals surface area contributed by atoms with E-state index in [1.54, 1.807) is 7.05 Å². The topological polar surface area (TPSA) is 62.3 Å². The fourth-order valence-corrected chi connectivity index (χ4v) is 2.45. The summed E-state index contributed by atoms with van der Waals surface area (Å²) >= 11 is 1.49. The van der Waals surface area contributed by atoms with Crippen LogP contribution in [0.15, 0.2) is 23.6 Å². The van der Waals surface area contributed by atoms with E-state index >= 15 is 0 Å². The van der Waals surface area contributed by atoms with Gasteiger partial charge >= 0.3 is 0 Å². The molecular weight excluding hydrogens is 324 g/mol. The van der Waals surface area contributed by atoms with Crippen molar-refractivity contribution in [1.82, 2.24) is 15.2 Å². The van der Waals surface area contributed by atoms with Crippen molar-refractivity contribution < 1.29 is 18.4 Å². The van der Waals surface area contributed by atoms with Gasteiger partial charge in [-0.15, -0.1) is 11.3 Å². The molecule has 0 saturated heterocycles. The second-order valence-corrected chi connectivity index (χ2v) is 5.98. The van der Waals surface area contributed by atoms with Gasteiger partial charge in [0.1, 0.15) is 0 Å². The standard InChI is InChI=1S/C15H15F2N3O2S/c1-9-19-11(8-23-9)7-20(2)14(21)6-18-15(22)10-3-4-12(16)13(17)5-10/h3-5,8H,6-7H2,1-2H3,(H,18,22). The average Bonchev–Trinajstić information content (AvgIpc) is 2.92. The minimum atomic E-state index is -1.11. The smallest absolute Gasteiger partial charge is 0.251 e. The highest BCUT2D eigenvalue weighted by Gasteiger charge is 2.14. The number of rotatable bonds is 5. The summed E-state index contributed by atoms with van der Waals surface area (Å²) in [6.07, 6.45) is 0. The molecule has 2 rings (SSSR count). The zero-order valence-electron chi connectivity index (χ0n) is 12.6. The lowest BCUT2D eigenvalue weighted by Gasteiger charge is -2.16. The highest BCUT2D eigenvalue weighted by Crippen LogP contribution is 2.10. The third kappa shape index (κ3) is 4.56. The van der Waals surface area contributed by atoms with Gasteiger partial charge in [0.2, 0.25) is 5.91 Å². The molecule has 1 N–H and O–H groups in total. The predicted molar refractivity (Wildman–Crippen MR) is 82.0 cm³/mol. The summed E-state index contributed by atoms with van der Waals surface area (Å²) < 4.78 is 25.9. The number of nitrogens with zero attached hydrogens (tertiary/aromatic N) is 2. The summed E-state index contributed by atoms with van der Waals surface area (Å²) in [6.45, 7) is 1.97. The number of hydrogen-bond donors (Lipinski definition) is 1. The summed E-state index contributed by atoms with van der Waals surface area (Å²) in [5.41, 5.74) is 0.727. The number of thiazole rings is 1. The SMILES string of the molecule is Cc1nc(CN(C)C(=O)CNC(=O)c2ccc(F)c(F)c2)cs1. The summed E-state index contributed by atoms with van der Waals surface area (Å²) in [6, 6.07) is 2.81. The molecule has 0 aliphatic rings. The Morgan fingerprint density at radius 1 is 1.30 bits per heavy atom. The molecule has 5 nitrogen and oxygen atoms in total. The first-order chi connectivity index (χ1) is 10.9. The number of carbonyl (C=O) groups is 2. The van der Waals surface area contributed by atoms with Gasteiger partial charge in [-0.1, -0.05) is 0 Å². The highest BCUT2D eigenvalue weighted by atomic mass is 32.1. The van der Waals surface area contributed by atoms with Gasteiger partial charge in [0.15, 0.2) is 11.6 Å². The maximum absolute atomic E-state index is 13.1. The Balaban J connectivity index is 1.87. The number of aromatic nitrogens is 1. The third-order valence-electron chi connectivity index (χ3n) is 3.07. The lowest BCUT2D eigenvalue weighted by atomic mass is 10.2. The van der Waals surface area contributed by atoms with Crippen molar-refractivity contribution in [2.45, 2.75) is 13.5 Å². The Kier molecular flexibility index (Phi) is 5.38. The van der Waals surface area contributed by atoms with Gasteiger partial charge in [0.05, 0.1) is 23.8 Å². The number of halogens is 2. The summed E-state index contributed by atoms with van der Waals surface area (Å²) in [5.74, 6) is -3.10. The van der Waals surface area contributed by atoms with Crippen LogP contribution in [0, 0.1) is 18.6 Å². The molecule has 1 aromatic heterocycles. The minimum Gasteiger partial charge on any atom is -0.343 e. The molecule has 2 aromatic rings. The van der Waals surface area contributed by atoms with E-state index in [9.17, 15) is 18.4 Å². The molecule has 0 bridgehead atoms. The van der Waals surface area contributed by atoms with Crippen LogP contribution in [0.3, 0.4) is 0 Å². The van der Waals surface area contributed by atoms with Gasteiger partial charge in [-0.05, 0) is 25.1 Å². The van der Waals surface area contributed by atoms with Crippen LogP contribution in [-0.4, -0.2) is 35.3 Å². The van der Waals surface area contributed by atoms with Crippen molar-refractivity contribution in [1.29, 1.82) is 0 Å². The number of carbonyl (C=O) groups excluding carboxylic acids is 2. The van der Waals surface area contributed by atoms with Crippen molar-refractivity contribution in [3.8, 4) is 0 Å². The van der Waals surface area contributed by atoms with Gasteiger partial charge in [0, 0.05) is 18.0 Å². The molecular formula is C15H15F2N3O2S. The fourth-order valence-electron chi connectivity index (χ4n) is 1.84. The second kappa shape index (κ2) is 7.28. The molecule has 0 aliphatic heterocycles. The summed E-state index contributed by atoms with van der Waals surface area (Å²) in [4.78, 5) is 29.5. The molecule has 0 radical (unpaired) electrons. The molecule has 0 atom stereocenters. The molecule has 0 spiro atoms. The van der Waals surface area contributed by atoms with E-state index in [-0.39, 0.29) is 18.0 Å². The Hall–Kier alpha value is -2.35. The van der Waals surface area contributed by atoms with Gasteiger partial charge in [0.25, 0.3) is 5.91 Å². The van der Waals surface area contributed by atoms with Crippen LogP contribution in [0.2, 0.25) is 0 Å². The highest BCUT2D eigenvalue weighted by molar-refractivity contribution is 7.09. The third-order valence-corrected chi connectivity index (χ3v) is 3.90. The lowest BCUT2D eigenvalue weighted by Crippen LogP contribution is -2.37. The van der Waals surface area contributed by atoms with E-state index in [1.807, 2.05) is 12.3 Å². The number of amides is 2. The predicted octanol–water partition coefficient (Wildman–Crippen LogP) is 2.12. The van der Waals surface area contributed by atoms with Crippen LogP contribution in [0.1, 0.15) is 21.1 Å². The molecule has 0 saturated carbocycles. The number of nitrogens with one attached hydrogen (secondary N) is 1. The van der Waals surface area contributed by atoms with Gasteiger partial charge in [-0.2, -0.15) is 0 Å². The van der Waals surface area contributed by atoms with Crippen LogP contribution in [0.4, 0.5) is 8.78 Å². The number of benzene rings is 1. The monoisotopic (exact) mass is 339 g/mol. The Bertz CT molecular complexity index is 733. The molecule has 23 heavy (non-hydrogen) atoms. The van der Waals surface area contributed by atoms with E-state index in [1.165, 1.54) is 16.2 Å². The first-order valence-electron chi connectivity index (χ1n) is 6.75.